The van der Waals surface area contributed by atoms with Gasteiger partial charge in [-0.25, -0.2) is 19.2 Å². The lowest BCUT2D eigenvalue weighted by atomic mass is 10.1. The Morgan fingerprint density at radius 3 is 2.60 bits per heavy atom. The molecule has 1 aliphatic heterocycles. The van der Waals surface area contributed by atoms with Crippen molar-refractivity contribution in [2.45, 2.75) is 32.1 Å². The number of halogens is 1. The molecule has 2 aromatic carbocycles. The first-order chi connectivity index (χ1) is 20.3. The molecule has 1 saturated heterocycles. The second kappa shape index (κ2) is 11.4. The number of imidazole rings is 1. The van der Waals surface area contributed by atoms with Crippen molar-refractivity contribution in [3.8, 4) is 17.1 Å². The van der Waals surface area contributed by atoms with Crippen LogP contribution in [0.5, 0.6) is 5.88 Å². The molecular weight excluding hydrogens is 541 g/mol. The molecule has 0 radical (unpaired) electrons. The lowest BCUT2D eigenvalue weighted by molar-refractivity contribution is -0.0589. The van der Waals surface area contributed by atoms with Crippen LogP contribution in [0.25, 0.3) is 22.3 Å². The van der Waals surface area contributed by atoms with E-state index in [1.165, 1.54) is 24.4 Å². The van der Waals surface area contributed by atoms with E-state index in [2.05, 4.69) is 9.97 Å². The van der Waals surface area contributed by atoms with Crippen molar-refractivity contribution in [3.05, 3.63) is 107 Å². The van der Waals surface area contributed by atoms with Gasteiger partial charge < -0.3 is 24.9 Å². The average Bonchev–Trinajstić information content (AvgIpc) is 3.30. The number of fused-ring (bicyclic) bond motifs is 1. The molecule has 11 heteroatoms. The van der Waals surface area contributed by atoms with Gasteiger partial charge in [0.2, 0.25) is 5.88 Å². The Labute approximate surface area is 239 Å². The Morgan fingerprint density at radius 1 is 1.07 bits per heavy atom. The van der Waals surface area contributed by atoms with Crippen molar-refractivity contribution in [3.63, 3.8) is 0 Å². The maximum Gasteiger partial charge on any atom is 0.335 e. The average molecular weight is 568 g/mol. The largest absolute Gasteiger partial charge is 0.478 e. The Balaban J connectivity index is 1.21. The number of benzene rings is 2. The number of pyridine rings is 2. The van der Waals surface area contributed by atoms with Crippen LogP contribution >= 0.6 is 0 Å². The molecule has 10 nitrogen and oxygen atoms in total. The molecule has 0 saturated carbocycles. The molecule has 6 rings (SSSR count). The van der Waals surface area contributed by atoms with E-state index in [4.69, 9.17) is 20.2 Å². The van der Waals surface area contributed by atoms with E-state index in [1.54, 1.807) is 42.5 Å². The first-order valence-electron chi connectivity index (χ1n) is 13.3. The normalized spacial score (nSPS) is 14.5. The zero-order chi connectivity index (χ0) is 29.2. The van der Waals surface area contributed by atoms with Gasteiger partial charge in [-0.2, -0.15) is 0 Å². The number of carboxylic acids is 1. The topological polar surface area (TPSA) is 142 Å². The summed E-state index contributed by atoms with van der Waals surface area (Å²) in [5, 5.41) is 9.47. The minimum atomic E-state index is -1.01. The predicted molar refractivity (Wildman–Crippen MR) is 151 cm³/mol. The summed E-state index contributed by atoms with van der Waals surface area (Å²) in [6, 6.07) is 18.1. The molecule has 1 aliphatic rings. The molecule has 4 heterocycles. The van der Waals surface area contributed by atoms with Crippen LogP contribution in [0.1, 0.15) is 44.2 Å². The van der Waals surface area contributed by atoms with Crippen molar-refractivity contribution in [1.82, 2.24) is 19.5 Å². The number of carbonyl (C=O) groups is 2. The molecule has 5 aromatic rings. The summed E-state index contributed by atoms with van der Waals surface area (Å²) in [6.45, 7) is 1.39. The van der Waals surface area contributed by atoms with Crippen molar-refractivity contribution >= 4 is 22.9 Å². The molecular formula is C31H26FN5O5. The van der Waals surface area contributed by atoms with Gasteiger partial charge in [-0.3, -0.25) is 9.78 Å². The Hall–Kier alpha value is -5.16. The van der Waals surface area contributed by atoms with E-state index in [0.717, 1.165) is 12.0 Å². The van der Waals surface area contributed by atoms with Gasteiger partial charge in [0.25, 0.3) is 5.91 Å². The minimum absolute atomic E-state index is 0.0279. The van der Waals surface area contributed by atoms with Crippen molar-refractivity contribution in [1.29, 1.82) is 0 Å². The van der Waals surface area contributed by atoms with Crippen LogP contribution < -0.4 is 10.5 Å². The van der Waals surface area contributed by atoms with Gasteiger partial charge in [0, 0.05) is 36.4 Å². The summed E-state index contributed by atoms with van der Waals surface area (Å²) in [4.78, 5) is 35.9. The third-order valence-electron chi connectivity index (χ3n) is 7.11. The van der Waals surface area contributed by atoms with Crippen LogP contribution in [0, 0.1) is 5.82 Å². The predicted octanol–water partition coefficient (Wildman–Crippen LogP) is 4.39. The van der Waals surface area contributed by atoms with Crippen LogP contribution in [0.4, 0.5) is 4.39 Å². The Kier molecular flexibility index (Phi) is 7.32. The number of aromatic nitrogens is 4. The summed E-state index contributed by atoms with van der Waals surface area (Å²) in [6.07, 6.45) is 2.79. The van der Waals surface area contributed by atoms with Crippen LogP contribution in [0.2, 0.25) is 0 Å². The zero-order valence-electron chi connectivity index (χ0n) is 22.4. The quantitative estimate of drug-likeness (QED) is 0.253. The molecule has 1 fully saturated rings. The van der Waals surface area contributed by atoms with E-state index in [0.29, 0.717) is 59.1 Å². The number of primary amides is 1. The van der Waals surface area contributed by atoms with Gasteiger partial charge in [0.15, 0.2) is 0 Å². The Morgan fingerprint density at radius 2 is 1.90 bits per heavy atom. The van der Waals surface area contributed by atoms with Gasteiger partial charge in [0.1, 0.15) is 23.9 Å². The molecule has 3 aromatic heterocycles. The summed E-state index contributed by atoms with van der Waals surface area (Å²) < 4.78 is 28.8. The highest BCUT2D eigenvalue weighted by Gasteiger charge is 2.23. The third-order valence-corrected chi connectivity index (χ3v) is 7.11. The molecule has 0 spiro atoms. The molecule has 0 bridgehead atoms. The number of rotatable bonds is 10. The summed E-state index contributed by atoms with van der Waals surface area (Å²) >= 11 is 0. The summed E-state index contributed by atoms with van der Waals surface area (Å²) in [5.41, 5.74) is 9.10. The van der Waals surface area contributed by atoms with Crippen LogP contribution in [0.15, 0.2) is 72.9 Å². The van der Waals surface area contributed by atoms with E-state index in [1.807, 2.05) is 10.6 Å². The fourth-order valence-corrected chi connectivity index (χ4v) is 4.79. The molecule has 0 aliphatic carbocycles. The lowest BCUT2D eigenvalue weighted by Gasteiger charge is -2.27. The number of carbonyl (C=O) groups excluding carboxylic acids is 1. The van der Waals surface area contributed by atoms with Crippen molar-refractivity contribution < 1.29 is 28.6 Å². The number of nitrogens with zero attached hydrogens (tertiary/aromatic N) is 4. The van der Waals surface area contributed by atoms with Crippen LogP contribution in [0.3, 0.4) is 0 Å². The van der Waals surface area contributed by atoms with Gasteiger partial charge in [-0.1, -0.05) is 18.2 Å². The number of amides is 1. The van der Waals surface area contributed by atoms with E-state index in [-0.39, 0.29) is 24.0 Å². The highest BCUT2D eigenvalue weighted by molar-refractivity contribution is 5.92. The molecule has 1 amide bonds. The van der Waals surface area contributed by atoms with E-state index in [9.17, 15) is 14.7 Å². The first kappa shape index (κ1) is 27.0. The number of nitrogens with two attached hydrogens (primary N) is 1. The first-order valence-corrected chi connectivity index (χ1v) is 13.3. The second-order valence-electron chi connectivity index (χ2n) is 9.99. The van der Waals surface area contributed by atoms with E-state index < -0.39 is 17.7 Å². The zero-order valence-corrected chi connectivity index (χ0v) is 22.4. The molecule has 3 N–H and O–H groups in total. The van der Waals surface area contributed by atoms with Crippen molar-refractivity contribution in [2.24, 2.45) is 5.73 Å². The van der Waals surface area contributed by atoms with Gasteiger partial charge in [0.05, 0.1) is 34.9 Å². The molecule has 1 atom stereocenters. The fourth-order valence-electron chi connectivity index (χ4n) is 4.79. The molecule has 42 heavy (non-hydrogen) atoms. The maximum absolute atomic E-state index is 15.4. The SMILES string of the molecule is NC(=O)c1ccc(COc2cccc(-c3ccc(Cc4nc5ccc(C(=O)O)cc5n4CC4CCO4)cc3F)n2)cn1. The Bertz CT molecular complexity index is 1800. The monoisotopic (exact) mass is 567 g/mol. The number of hydrogen-bond acceptors (Lipinski definition) is 7. The van der Waals surface area contributed by atoms with Gasteiger partial charge >= 0.3 is 5.97 Å². The number of ether oxygens (including phenoxy) is 2. The fraction of sp³-hybridized carbons (Fsp3) is 0.194. The summed E-state index contributed by atoms with van der Waals surface area (Å²) in [5.74, 6) is -1.06. The highest BCUT2D eigenvalue weighted by Crippen LogP contribution is 2.27. The van der Waals surface area contributed by atoms with E-state index >= 15 is 4.39 Å². The van der Waals surface area contributed by atoms with Crippen LogP contribution in [-0.2, 0) is 24.3 Å². The minimum Gasteiger partial charge on any atom is -0.478 e. The number of carboxylic acid groups (broad SMARTS) is 1. The molecule has 212 valence electrons. The smallest absolute Gasteiger partial charge is 0.335 e. The second-order valence-corrected chi connectivity index (χ2v) is 9.99. The van der Waals surface area contributed by atoms with Gasteiger partial charge in [-0.05, 0) is 54.4 Å². The van der Waals surface area contributed by atoms with Gasteiger partial charge in [-0.15, -0.1) is 0 Å². The highest BCUT2D eigenvalue weighted by atomic mass is 19.1. The number of hydrogen-bond donors (Lipinski definition) is 2. The lowest BCUT2D eigenvalue weighted by Crippen LogP contribution is -2.31. The maximum atomic E-state index is 15.4. The number of aromatic carboxylic acids is 1. The van der Waals surface area contributed by atoms with Crippen LogP contribution in [-0.4, -0.2) is 49.2 Å². The molecule has 1 unspecified atom stereocenters. The standard InChI is InChI=1S/C31H26FN5O5/c32-23-12-18(13-28-35-25-9-6-20(31(39)40)14-27(25)37(28)16-21-10-11-41-21)4-7-22(23)24-2-1-3-29(36-24)42-17-19-5-8-26(30(33)38)34-15-19/h1-9,12,14-15,21H,10-11,13,16-17H2,(H2,33,38)(H,39,40). The van der Waals surface area contributed by atoms with Crippen molar-refractivity contribution in [2.75, 3.05) is 6.61 Å². The third kappa shape index (κ3) is 5.68. The summed E-state index contributed by atoms with van der Waals surface area (Å²) in [7, 11) is 0.